The molecule has 10 heteroatoms. The average Bonchev–Trinajstić information content (AvgIpc) is 3.14. The number of aliphatic hydroxyl groups excluding tert-OH is 1. The van der Waals surface area contributed by atoms with Crippen LogP contribution in [-0.2, 0) is 14.8 Å². The molecule has 0 spiro atoms. The number of carbonyl (C=O) groups is 1. The summed E-state index contributed by atoms with van der Waals surface area (Å²) in [4.78, 5) is 14.7. The van der Waals surface area contributed by atoms with Crippen molar-refractivity contribution >= 4 is 27.7 Å². The van der Waals surface area contributed by atoms with Crippen LogP contribution < -0.4 is 10.1 Å². The molecule has 2 N–H and O–H groups in total. The molecule has 1 aromatic rings. The number of amides is 1. The highest BCUT2D eigenvalue weighted by Gasteiger charge is 2.35. The molecule has 2 rings (SSSR count). The van der Waals surface area contributed by atoms with Crippen LogP contribution in [0.2, 0.25) is 0 Å². The molecule has 2 atom stereocenters. The normalized spacial score (nSPS) is 18.8. The van der Waals surface area contributed by atoms with E-state index < -0.39 is 16.1 Å². The first-order chi connectivity index (χ1) is 14.8. The van der Waals surface area contributed by atoms with Gasteiger partial charge >= 0.3 is 0 Å². The standard InChI is InChI=1S/C22H37N3O5S2/c1-16(2)11-25(32(28,29)19-9-7-18(30-6)8-10-19)13-17(26)12-24-15-31-14-20(24)21(27)23-22(3,4)5/h7-10,16-17,20,26H,11-15H2,1-6H3,(H,23,27)/t17?,20-/m0/s1. The van der Waals surface area contributed by atoms with Crippen molar-refractivity contribution in [3.63, 3.8) is 0 Å². The number of rotatable bonds is 10. The lowest BCUT2D eigenvalue weighted by Gasteiger charge is -2.31. The van der Waals surface area contributed by atoms with Crippen molar-refractivity contribution in [1.82, 2.24) is 14.5 Å². The zero-order valence-electron chi connectivity index (χ0n) is 19.9. The first-order valence-corrected chi connectivity index (χ1v) is 13.4. The number of sulfonamides is 1. The molecule has 0 aliphatic carbocycles. The van der Waals surface area contributed by atoms with Crippen LogP contribution in [-0.4, -0.2) is 84.7 Å². The predicted octanol–water partition coefficient (Wildman–Crippen LogP) is 1.99. The molecule has 0 aromatic heterocycles. The Labute approximate surface area is 196 Å². The number of methoxy groups -OCH3 is 1. The molecule has 0 radical (unpaired) electrons. The molecule has 182 valence electrons. The zero-order valence-corrected chi connectivity index (χ0v) is 21.5. The SMILES string of the molecule is COc1ccc(S(=O)(=O)N(CC(C)C)CC(O)CN2CSC[C@H]2C(=O)NC(C)(C)C)cc1. The molecule has 1 fully saturated rings. The Morgan fingerprint density at radius 1 is 1.28 bits per heavy atom. The Hall–Kier alpha value is -1.33. The molecule has 0 saturated carbocycles. The van der Waals surface area contributed by atoms with E-state index in [4.69, 9.17) is 4.74 Å². The Kier molecular flexibility index (Phi) is 9.42. The van der Waals surface area contributed by atoms with Crippen LogP contribution in [0.25, 0.3) is 0 Å². The molecule has 1 amide bonds. The van der Waals surface area contributed by atoms with Gasteiger partial charge in [0.1, 0.15) is 5.75 Å². The molecule has 0 bridgehead atoms. The number of hydrogen-bond donors (Lipinski definition) is 2. The van der Waals surface area contributed by atoms with Crippen molar-refractivity contribution in [2.45, 2.75) is 57.2 Å². The van der Waals surface area contributed by atoms with Gasteiger partial charge in [-0.3, -0.25) is 9.69 Å². The van der Waals surface area contributed by atoms with Crippen molar-refractivity contribution in [3.05, 3.63) is 24.3 Å². The van der Waals surface area contributed by atoms with E-state index in [-0.39, 0.29) is 47.9 Å². The van der Waals surface area contributed by atoms with Gasteiger partial charge in [-0.1, -0.05) is 13.8 Å². The zero-order chi connectivity index (χ0) is 24.1. The Morgan fingerprint density at radius 3 is 2.44 bits per heavy atom. The second-order valence-corrected chi connectivity index (χ2v) is 12.5. The fourth-order valence-corrected chi connectivity index (χ4v) is 6.34. The van der Waals surface area contributed by atoms with Gasteiger partial charge in [-0.05, 0) is 51.0 Å². The monoisotopic (exact) mass is 487 g/mol. The van der Waals surface area contributed by atoms with Crippen LogP contribution in [0.5, 0.6) is 5.75 Å². The number of β-amino-alcohol motifs (C(OH)–C–C–N with tert-alkyl or cyclic N) is 1. The van der Waals surface area contributed by atoms with Gasteiger partial charge in [-0.15, -0.1) is 11.8 Å². The molecule has 1 aliphatic rings. The molecule has 1 saturated heterocycles. The van der Waals surface area contributed by atoms with Gasteiger partial charge in [0.05, 0.1) is 24.2 Å². The van der Waals surface area contributed by atoms with Crippen LogP contribution >= 0.6 is 11.8 Å². The van der Waals surface area contributed by atoms with Gasteiger partial charge in [0.15, 0.2) is 0 Å². The Bertz CT molecular complexity index is 853. The maximum Gasteiger partial charge on any atom is 0.243 e. The van der Waals surface area contributed by atoms with Crippen molar-refractivity contribution in [2.24, 2.45) is 5.92 Å². The first-order valence-electron chi connectivity index (χ1n) is 10.8. The molecule has 8 nitrogen and oxygen atoms in total. The van der Waals surface area contributed by atoms with Gasteiger partial charge in [0, 0.05) is 36.8 Å². The van der Waals surface area contributed by atoms with Crippen LogP contribution in [0, 0.1) is 5.92 Å². The van der Waals surface area contributed by atoms with E-state index in [9.17, 15) is 18.3 Å². The summed E-state index contributed by atoms with van der Waals surface area (Å²) in [5.74, 6) is 1.86. The second-order valence-electron chi connectivity index (χ2n) is 9.57. The number of thioether (sulfide) groups is 1. The largest absolute Gasteiger partial charge is 0.497 e. The molecule has 1 aromatic carbocycles. The number of carbonyl (C=O) groups excluding carboxylic acids is 1. The summed E-state index contributed by atoms with van der Waals surface area (Å²) in [6, 6.07) is 5.90. The molecule has 32 heavy (non-hydrogen) atoms. The number of ether oxygens (including phenoxy) is 1. The second kappa shape index (κ2) is 11.2. The number of aliphatic hydroxyl groups is 1. The van der Waals surface area contributed by atoms with E-state index in [0.29, 0.717) is 17.4 Å². The third kappa shape index (κ3) is 7.62. The van der Waals surface area contributed by atoms with Crippen LogP contribution in [0.3, 0.4) is 0 Å². The third-order valence-corrected chi connectivity index (χ3v) is 7.81. The minimum atomic E-state index is -3.79. The minimum absolute atomic E-state index is 0.0404. The summed E-state index contributed by atoms with van der Waals surface area (Å²) in [6.45, 7) is 10.1. The van der Waals surface area contributed by atoms with Gasteiger partial charge in [0.25, 0.3) is 0 Å². The van der Waals surface area contributed by atoms with Gasteiger partial charge in [-0.2, -0.15) is 4.31 Å². The highest BCUT2D eigenvalue weighted by atomic mass is 32.2. The summed E-state index contributed by atoms with van der Waals surface area (Å²) in [5, 5.41) is 13.8. The maximum atomic E-state index is 13.3. The third-order valence-electron chi connectivity index (χ3n) is 4.90. The van der Waals surface area contributed by atoms with E-state index in [1.54, 1.807) is 23.9 Å². The topological polar surface area (TPSA) is 99.2 Å². The summed E-state index contributed by atoms with van der Waals surface area (Å²) in [5.41, 5.74) is -0.338. The van der Waals surface area contributed by atoms with E-state index in [0.717, 1.165) is 0 Å². The van der Waals surface area contributed by atoms with Crippen molar-refractivity contribution in [1.29, 1.82) is 0 Å². The van der Waals surface area contributed by atoms with E-state index in [2.05, 4.69) is 5.32 Å². The molecule has 1 heterocycles. The molecular formula is C22H37N3O5S2. The van der Waals surface area contributed by atoms with Crippen LogP contribution in [0.1, 0.15) is 34.6 Å². The lowest BCUT2D eigenvalue weighted by Crippen LogP contribution is -2.53. The van der Waals surface area contributed by atoms with Crippen LogP contribution in [0.15, 0.2) is 29.2 Å². The highest BCUT2D eigenvalue weighted by Crippen LogP contribution is 2.24. The van der Waals surface area contributed by atoms with Crippen molar-refractivity contribution in [3.8, 4) is 5.75 Å². The van der Waals surface area contributed by atoms with Crippen molar-refractivity contribution in [2.75, 3.05) is 38.4 Å². The highest BCUT2D eigenvalue weighted by molar-refractivity contribution is 7.99. The van der Waals surface area contributed by atoms with E-state index in [1.165, 1.54) is 23.5 Å². The Morgan fingerprint density at radius 2 is 1.91 bits per heavy atom. The van der Waals surface area contributed by atoms with E-state index >= 15 is 0 Å². The fourth-order valence-electron chi connectivity index (χ4n) is 3.49. The fraction of sp³-hybridized carbons (Fsp3) is 0.682. The molecular weight excluding hydrogens is 450 g/mol. The van der Waals surface area contributed by atoms with Crippen LogP contribution in [0.4, 0.5) is 0 Å². The summed E-state index contributed by atoms with van der Waals surface area (Å²) >= 11 is 1.63. The quantitative estimate of drug-likeness (QED) is 0.521. The van der Waals surface area contributed by atoms with Crippen molar-refractivity contribution < 1.29 is 23.1 Å². The summed E-state index contributed by atoms with van der Waals surface area (Å²) < 4.78 is 33.0. The Balaban J connectivity index is 2.11. The first kappa shape index (κ1) is 26.9. The molecule has 1 aliphatic heterocycles. The number of hydrogen-bond acceptors (Lipinski definition) is 7. The summed E-state index contributed by atoms with van der Waals surface area (Å²) in [7, 11) is -2.26. The lowest BCUT2D eigenvalue weighted by molar-refractivity contribution is -0.126. The number of nitrogens with one attached hydrogen (secondary N) is 1. The van der Waals surface area contributed by atoms with Gasteiger partial charge in [0.2, 0.25) is 15.9 Å². The lowest BCUT2D eigenvalue weighted by atomic mass is 10.1. The smallest absolute Gasteiger partial charge is 0.243 e. The minimum Gasteiger partial charge on any atom is -0.497 e. The molecule has 1 unspecified atom stereocenters. The number of nitrogens with zero attached hydrogens (tertiary/aromatic N) is 2. The van der Waals surface area contributed by atoms with Gasteiger partial charge in [-0.25, -0.2) is 8.42 Å². The van der Waals surface area contributed by atoms with E-state index in [1.807, 2.05) is 39.5 Å². The van der Waals surface area contributed by atoms with Gasteiger partial charge < -0.3 is 15.2 Å². The maximum absolute atomic E-state index is 13.3. The predicted molar refractivity (Wildman–Crippen MR) is 128 cm³/mol. The summed E-state index contributed by atoms with van der Waals surface area (Å²) in [6.07, 6.45) is -0.926. The number of benzene rings is 1. The average molecular weight is 488 g/mol.